The summed E-state index contributed by atoms with van der Waals surface area (Å²) in [6.45, 7) is 0.903. The molecule has 2 aromatic carbocycles. The second-order valence-electron chi connectivity index (χ2n) is 8.25. The molecule has 1 spiro atoms. The van der Waals surface area contributed by atoms with Crippen molar-refractivity contribution < 1.29 is 28.8 Å². The summed E-state index contributed by atoms with van der Waals surface area (Å²) in [6, 6.07) is 13.6. The van der Waals surface area contributed by atoms with E-state index in [2.05, 4.69) is 5.16 Å². The van der Waals surface area contributed by atoms with Crippen molar-refractivity contribution in [2.75, 3.05) is 11.4 Å². The monoisotopic (exact) mass is 479 g/mol. The van der Waals surface area contributed by atoms with Crippen molar-refractivity contribution in [1.82, 2.24) is 10.1 Å². The third-order valence-electron chi connectivity index (χ3n) is 6.29. The number of carbonyl (C=O) groups is 4. The van der Waals surface area contributed by atoms with Crippen LogP contribution in [0.1, 0.15) is 23.3 Å². The number of amides is 3. The van der Waals surface area contributed by atoms with Crippen LogP contribution in [0.3, 0.4) is 0 Å². The minimum absolute atomic E-state index is 0.138. The van der Waals surface area contributed by atoms with Gasteiger partial charge in [-0.05, 0) is 25.1 Å². The van der Waals surface area contributed by atoms with Gasteiger partial charge in [-0.25, -0.2) is 0 Å². The van der Waals surface area contributed by atoms with Crippen LogP contribution in [-0.4, -0.2) is 45.4 Å². The summed E-state index contributed by atoms with van der Waals surface area (Å²) in [5.41, 5.74) is 0.427. The lowest BCUT2D eigenvalue weighted by Crippen LogP contribution is -2.47. The fraction of sp³-hybridized carbons (Fsp3) is 0.208. The third kappa shape index (κ3) is 3.12. The van der Waals surface area contributed by atoms with Crippen LogP contribution in [0.2, 0.25) is 5.02 Å². The quantitative estimate of drug-likeness (QED) is 0.441. The molecule has 172 valence electrons. The molecule has 0 bridgehead atoms. The van der Waals surface area contributed by atoms with Crippen molar-refractivity contribution in [3.8, 4) is 11.3 Å². The number of imide groups is 1. The molecule has 1 fully saturated rings. The molecule has 2 aliphatic heterocycles. The number of nitrogens with zero attached hydrogens (tertiary/aromatic N) is 3. The predicted molar refractivity (Wildman–Crippen MR) is 120 cm³/mol. The van der Waals surface area contributed by atoms with Crippen LogP contribution in [0.25, 0.3) is 11.3 Å². The molecule has 0 radical (unpaired) electrons. The molecule has 34 heavy (non-hydrogen) atoms. The highest BCUT2D eigenvalue weighted by atomic mass is 35.5. The van der Waals surface area contributed by atoms with Crippen molar-refractivity contribution in [2.45, 2.75) is 25.3 Å². The van der Waals surface area contributed by atoms with E-state index in [1.54, 1.807) is 6.92 Å². The highest BCUT2D eigenvalue weighted by molar-refractivity contribution is 6.32. The normalized spacial score (nSPS) is 19.4. The van der Waals surface area contributed by atoms with Gasteiger partial charge in [-0.1, -0.05) is 47.1 Å². The number of carbonyl (C=O) groups excluding carboxylic acids is 3. The number of benzene rings is 2. The summed E-state index contributed by atoms with van der Waals surface area (Å²) in [6.07, 6.45) is -0.418. The van der Waals surface area contributed by atoms with Gasteiger partial charge in [-0.3, -0.25) is 29.0 Å². The van der Waals surface area contributed by atoms with Gasteiger partial charge in [0.1, 0.15) is 18.0 Å². The molecular formula is C24H18ClN3O6. The number of fused-ring (bicyclic) bond motifs is 2. The summed E-state index contributed by atoms with van der Waals surface area (Å²) in [7, 11) is 0. The lowest BCUT2D eigenvalue weighted by atomic mass is 9.80. The van der Waals surface area contributed by atoms with E-state index in [0.29, 0.717) is 17.0 Å². The van der Waals surface area contributed by atoms with Crippen molar-refractivity contribution in [3.05, 3.63) is 70.4 Å². The Kier molecular flexibility index (Phi) is 5.02. The van der Waals surface area contributed by atoms with Gasteiger partial charge in [0, 0.05) is 27.4 Å². The van der Waals surface area contributed by atoms with E-state index in [0.717, 1.165) is 15.4 Å². The predicted octanol–water partition coefficient (Wildman–Crippen LogP) is 2.93. The third-order valence-corrected chi connectivity index (χ3v) is 6.52. The fourth-order valence-electron chi connectivity index (χ4n) is 4.67. The van der Waals surface area contributed by atoms with E-state index in [1.165, 1.54) is 18.2 Å². The second-order valence-corrected chi connectivity index (χ2v) is 8.68. The van der Waals surface area contributed by atoms with Gasteiger partial charge >= 0.3 is 5.97 Å². The van der Waals surface area contributed by atoms with Gasteiger partial charge in [-0.15, -0.1) is 0 Å². The van der Waals surface area contributed by atoms with Gasteiger partial charge in [0.25, 0.3) is 0 Å². The summed E-state index contributed by atoms with van der Waals surface area (Å²) in [5, 5.41) is 13.7. The van der Waals surface area contributed by atoms with Crippen molar-refractivity contribution >= 4 is 41.0 Å². The lowest BCUT2D eigenvalue weighted by molar-refractivity contribution is -0.143. The number of hydrogen-bond donors (Lipinski definition) is 1. The number of aryl methyl sites for hydroxylation is 1. The zero-order valence-corrected chi connectivity index (χ0v) is 18.7. The van der Waals surface area contributed by atoms with E-state index < -0.39 is 42.1 Å². The van der Waals surface area contributed by atoms with Gasteiger partial charge in [0.2, 0.25) is 17.7 Å². The molecule has 0 saturated carbocycles. The molecule has 2 aliphatic rings. The Morgan fingerprint density at radius 2 is 1.82 bits per heavy atom. The van der Waals surface area contributed by atoms with E-state index in [9.17, 15) is 24.3 Å². The Morgan fingerprint density at radius 1 is 1.12 bits per heavy atom. The molecule has 5 rings (SSSR count). The molecule has 3 heterocycles. The molecular weight excluding hydrogens is 462 g/mol. The number of aliphatic carboxylic acids is 1. The number of anilines is 1. The number of halogens is 1. The fourth-order valence-corrected chi connectivity index (χ4v) is 4.84. The molecule has 9 nitrogen and oxygen atoms in total. The van der Waals surface area contributed by atoms with Gasteiger partial charge in [0.15, 0.2) is 5.41 Å². The smallest absolute Gasteiger partial charge is 0.323 e. The van der Waals surface area contributed by atoms with Crippen molar-refractivity contribution in [1.29, 1.82) is 0 Å². The van der Waals surface area contributed by atoms with Crippen LogP contribution in [0, 0.1) is 6.92 Å². The standard InChI is InChI=1S/C24H18ClN3O6/c1-13-16(21(26-34-13)14-5-3-2-4-6-14)11-28-19(29)10-24(23(28)33)17-9-15(25)7-8-18(17)27(22(24)32)12-20(30)31/h2-9H,10-12H2,1H3,(H,30,31). The first-order chi connectivity index (χ1) is 16.2. The molecule has 1 saturated heterocycles. The average molecular weight is 480 g/mol. The number of likely N-dealkylation sites (tertiary alicyclic amines) is 1. The zero-order chi connectivity index (χ0) is 24.2. The Bertz CT molecular complexity index is 1370. The molecule has 3 amide bonds. The van der Waals surface area contributed by atoms with Crippen LogP contribution in [0.15, 0.2) is 53.1 Å². The molecule has 10 heteroatoms. The summed E-state index contributed by atoms with van der Waals surface area (Å²) in [5.74, 6) is -2.83. The molecule has 1 N–H and O–H groups in total. The van der Waals surface area contributed by atoms with Crippen LogP contribution >= 0.6 is 11.6 Å². The molecule has 3 aromatic rings. The highest BCUT2D eigenvalue weighted by Crippen LogP contribution is 2.49. The SMILES string of the molecule is Cc1onc(-c2ccccc2)c1CN1C(=O)CC2(C1=O)C(=O)N(CC(=O)O)c1ccc(Cl)cc12. The maximum absolute atomic E-state index is 13.8. The maximum atomic E-state index is 13.8. The Labute approximate surface area is 198 Å². The van der Waals surface area contributed by atoms with Crippen molar-refractivity contribution in [3.63, 3.8) is 0 Å². The van der Waals surface area contributed by atoms with E-state index in [4.69, 9.17) is 16.1 Å². The first kappa shape index (κ1) is 21.8. The molecule has 0 aliphatic carbocycles. The number of carboxylic acids is 1. The van der Waals surface area contributed by atoms with Crippen LogP contribution in [0.5, 0.6) is 0 Å². The number of hydrogen-bond acceptors (Lipinski definition) is 6. The van der Waals surface area contributed by atoms with Crippen molar-refractivity contribution in [2.24, 2.45) is 0 Å². The minimum atomic E-state index is -1.86. The summed E-state index contributed by atoms with van der Waals surface area (Å²) >= 11 is 6.15. The number of carboxylic acid groups (broad SMARTS) is 1. The maximum Gasteiger partial charge on any atom is 0.323 e. The van der Waals surface area contributed by atoms with E-state index in [1.807, 2.05) is 30.3 Å². The summed E-state index contributed by atoms with van der Waals surface area (Å²) in [4.78, 5) is 53.8. The Balaban J connectivity index is 1.56. The van der Waals surface area contributed by atoms with Crippen LogP contribution in [0.4, 0.5) is 5.69 Å². The van der Waals surface area contributed by atoms with E-state index >= 15 is 0 Å². The van der Waals surface area contributed by atoms with Gasteiger partial charge in [-0.2, -0.15) is 0 Å². The molecule has 1 atom stereocenters. The zero-order valence-electron chi connectivity index (χ0n) is 17.9. The first-order valence-electron chi connectivity index (χ1n) is 10.4. The second kappa shape index (κ2) is 7.81. The summed E-state index contributed by atoms with van der Waals surface area (Å²) < 4.78 is 5.34. The molecule has 1 aromatic heterocycles. The lowest BCUT2D eigenvalue weighted by Gasteiger charge is -2.22. The number of aromatic nitrogens is 1. The van der Waals surface area contributed by atoms with Crippen LogP contribution < -0.4 is 4.90 Å². The largest absolute Gasteiger partial charge is 0.480 e. The molecule has 1 unspecified atom stereocenters. The Morgan fingerprint density at radius 3 is 2.53 bits per heavy atom. The van der Waals surface area contributed by atoms with Gasteiger partial charge in [0.05, 0.1) is 13.0 Å². The number of rotatable bonds is 5. The highest BCUT2D eigenvalue weighted by Gasteiger charge is 2.64. The van der Waals surface area contributed by atoms with E-state index in [-0.39, 0.29) is 22.8 Å². The first-order valence-corrected chi connectivity index (χ1v) is 10.8. The minimum Gasteiger partial charge on any atom is -0.480 e. The van der Waals surface area contributed by atoms with Crippen LogP contribution in [-0.2, 0) is 31.1 Å². The Hall–Kier alpha value is -3.98. The average Bonchev–Trinajstić information content (AvgIpc) is 3.37. The van der Waals surface area contributed by atoms with Gasteiger partial charge < -0.3 is 9.63 Å². The topological polar surface area (TPSA) is 121 Å².